The minimum Gasteiger partial charge on any atom is -0.488 e. The van der Waals surface area contributed by atoms with Crippen molar-refractivity contribution in [1.29, 1.82) is 0 Å². The summed E-state index contributed by atoms with van der Waals surface area (Å²) in [4.78, 5) is 12.0. The van der Waals surface area contributed by atoms with Crippen LogP contribution < -0.4 is 10.1 Å². The van der Waals surface area contributed by atoms with Gasteiger partial charge in [0.25, 0.3) is 0 Å². The van der Waals surface area contributed by atoms with E-state index in [9.17, 15) is 18.0 Å². The highest BCUT2D eigenvalue weighted by Crippen LogP contribution is 2.38. The number of carbonyl (C=O) groups is 1. The maximum atomic E-state index is 13.4. The molecule has 0 heterocycles. The van der Waals surface area contributed by atoms with Crippen molar-refractivity contribution in [3.63, 3.8) is 0 Å². The molecule has 3 rings (SSSR count). The van der Waals surface area contributed by atoms with Gasteiger partial charge in [0.15, 0.2) is 0 Å². The Morgan fingerprint density at radius 2 is 1.68 bits per heavy atom. The van der Waals surface area contributed by atoms with Crippen LogP contribution in [0.15, 0.2) is 66.7 Å². The van der Waals surface area contributed by atoms with Gasteiger partial charge in [0.2, 0.25) is 0 Å². The molecule has 0 fully saturated rings. The lowest BCUT2D eigenvalue weighted by Crippen LogP contribution is -2.14. The largest absolute Gasteiger partial charge is 0.488 e. The van der Waals surface area contributed by atoms with Crippen LogP contribution in [-0.4, -0.2) is 19.1 Å². The molecule has 0 aliphatic heterocycles. The van der Waals surface area contributed by atoms with Gasteiger partial charge >= 0.3 is 12.1 Å². The lowest BCUT2D eigenvalue weighted by molar-refractivity contribution is -0.142. The molecule has 0 radical (unpaired) electrons. The smallest absolute Gasteiger partial charge is 0.416 e. The molecule has 0 saturated heterocycles. The second kappa shape index (κ2) is 11.7. The van der Waals surface area contributed by atoms with Crippen LogP contribution >= 0.6 is 0 Å². The van der Waals surface area contributed by atoms with Crippen molar-refractivity contribution in [2.45, 2.75) is 39.6 Å². The van der Waals surface area contributed by atoms with Crippen LogP contribution in [0.2, 0.25) is 0 Å². The van der Waals surface area contributed by atoms with Gasteiger partial charge in [-0.15, -0.1) is 0 Å². The van der Waals surface area contributed by atoms with Crippen LogP contribution in [0.3, 0.4) is 0 Å². The predicted molar refractivity (Wildman–Crippen MR) is 125 cm³/mol. The van der Waals surface area contributed by atoms with E-state index in [4.69, 9.17) is 9.47 Å². The number of hydrogen-bond donors (Lipinski definition) is 1. The first-order valence-corrected chi connectivity index (χ1v) is 11.2. The Bertz CT molecular complexity index is 1100. The molecule has 0 aromatic heterocycles. The fourth-order valence-electron chi connectivity index (χ4n) is 3.58. The third-order valence-electron chi connectivity index (χ3n) is 5.22. The summed E-state index contributed by atoms with van der Waals surface area (Å²) in [6.07, 6.45) is -4.39. The van der Waals surface area contributed by atoms with E-state index >= 15 is 0 Å². The summed E-state index contributed by atoms with van der Waals surface area (Å²) in [5.74, 6) is 0.153. The number of carbonyl (C=O) groups excluding carboxylic acids is 1. The van der Waals surface area contributed by atoms with E-state index in [1.807, 2.05) is 37.3 Å². The van der Waals surface area contributed by atoms with E-state index in [-0.39, 0.29) is 25.5 Å². The van der Waals surface area contributed by atoms with Crippen LogP contribution in [0.4, 0.5) is 13.2 Å². The summed E-state index contributed by atoms with van der Waals surface area (Å²) >= 11 is 0. The third kappa shape index (κ3) is 6.84. The first-order chi connectivity index (χ1) is 16.3. The Labute approximate surface area is 197 Å². The second-order valence-corrected chi connectivity index (χ2v) is 7.74. The molecule has 0 aliphatic carbocycles. The van der Waals surface area contributed by atoms with Gasteiger partial charge in [-0.3, -0.25) is 4.79 Å². The number of hydrogen-bond acceptors (Lipinski definition) is 4. The lowest BCUT2D eigenvalue weighted by Gasteiger charge is -2.18. The summed E-state index contributed by atoms with van der Waals surface area (Å²) in [6.45, 7) is 5.07. The van der Waals surface area contributed by atoms with Crippen LogP contribution in [0.5, 0.6) is 5.75 Å². The van der Waals surface area contributed by atoms with Gasteiger partial charge in [-0.1, -0.05) is 49.4 Å². The molecule has 0 saturated carbocycles. The second-order valence-electron chi connectivity index (χ2n) is 7.74. The fraction of sp³-hybridized carbons (Fsp3) is 0.296. The van der Waals surface area contributed by atoms with E-state index in [0.29, 0.717) is 41.2 Å². The number of benzene rings is 3. The van der Waals surface area contributed by atoms with Gasteiger partial charge in [-0.2, -0.15) is 13.2 Å². The first kappa shape index (κ1) is 25.3. The number of rotatable bonds is 10. The SMILES string of the molecule is CCNCc1cc(C(F)(F)F)ccc1-c1cc(CC(=O)OCC)ccc1OCc1ccccc1. The summed E-state index contributed by atoms with van der Waals surface area (Å²) in [5, 5.41) is 3.11. The highest BCUT2D eigenvalue weighted by Gasteiger charge is 2.31. The summed E-state index contributed by atoms with van der Waals surface area (Å²) < 4.78 is 51.3. The van der Waals surface area contributed by atoms with Crippen molar-refractivity contribution in [3.05, 3.63) is 89.0 Å². The minimum absolute atomic E-state index is 0.0585. The number of ether oxygens (including phenoxy) is 2. The maximum Gasteiger partial charge on any atom is 0.416 e. The summed E-state index contributed by atoms with van der Waals surface area (Å²) in [5.41, 5.74) is 2.68. The molecule has 0 aliphatic rings. The molecule has 3 aromatic carbocycles. The van der Waals surface area contributed by atoms with Gasteiger partial charge < -0.3 is 14.8 Å². The summed E-state index contributed by atoms with van der Waals surface area (Å²) in [7, 11) is 0. The quantitative estimate of drug-likeness (QED) is 0.360. The fourth-order valence-corrected chi connectivity index (χ4v) is 3.58. The Morgan fingerprint density at radius 1 is 0.912 bits per heavy atom. The van der Waals surface area contributed by atoms with Gasteiger partial charge in [-0.05, 0) is 60.0 Å². The van der Waals surface area contributed by atoms with Crippen LogP contribution in [0.1, 0.15) is 36.1 Å². The van der Waals surface area contributed by atoms with Crippen molar-refractivity contribution in [1.82, 2.24) is 5.32 Å². The maximum absolute atomic E-state index is 13.4. The van der Waals surface area contributed by atoms with Crippen LogP contribution in [-0.2, 0) is 35.3 Å². The van der Waals surface area contributed by atoms with Crippen molar-refractivity contribution in [2.24, 2.45) is 0 Å². The molecular weight excluding hydrogens is 443 g/mol. The third-order valence-corrected chi connectivity index (χ3v) is 5.22. The minimum atomic E-state index is -4.45. The van der Waals surface area contributed by atoms with Crippen molar-refractivity contribution in [2.75, 3.05) is 13.2 Å². The molecule has 0 bridgehead atoms. The van der Waals surface area contributed by atoms with E-state index < -0.39 is 11.7 Å². The van der Waals surface area contributed by atoms with Crippen molar-refractivity contribution in [3.8, 4) is 16.9 Å². The molecule has 7 heteroatoms. The predicted octanol–water partition coefficient (Wildman–Crippen LogP) is 6.17. The Balaban J connectivity index is 2.05. The Hall–Kier alpha value is -3.32. The molecule has 1 N–H and O–H groups in total. The molecule has 0 unspecified atom stereocenters. The topological polar surface area (TPSA) is 47.6 Å². The Morgan fingerprint density at radius 3 is 2.35 bits per heavy atom. The lowest BCUT2D eigenvalue weighted by atomic mass is 9.94. The molecule has 0 atom stereocenters. The number of alkyl halides is 3. The molecule has 0 amide bonds. The molecule has 3 aromatic rings. The van der Waals surface area contributed by atoms with Crippen molar-refractivity contribution < 1.29 is 27.4 Å². The number of esters is 1. The highest BCUT2D eigenvalue weighted by atomic mass is 19.4. The molecule has 4 nitrogen and oxygen atoms in total. The van der Waals surface area contributed by atoms with E-state index in [2.05, 4.69) is 5.32 Å². The summed E-state index contributed by atoms with van der Waals surface area (Å²) in [6, 6.07) is 18.6. The first-order valence-electron chi connectivity index (χ1n) is 11.2. The normalized spacial score (nSPS) is 11.3. The van der Waals surface area contributed by atoms with Gasteiger partial charge in [0.05, 0.1) is 18.6 Å². The standard InChI is InChI=1S/C27H28F3NO3/c1-3-31-17-21-16-22(27(28,29)30)11-12-23(21)24-14-20(15-26(32)33-4-2)10-13-25(24)34-18-19-8-6-5-7-9-19/h5-14,16,31H,3-4,15,17-18H2,1-2H3. The van der Waals surface area contributed by atoms with Crippen LogP contribution in [0.25, 0.3) is 11.1 Å². The molecular formula is C27H28F3NO3. The monoisotopic (exact) mass is 471 g/mol. The zero-order chi connectivity index (χ0) is 24.6. The number of nitrogens with one attached hydrogen (secondary N) is 1. The van der Waals surface area contributed by atoms with Gasteiger partial charge in [0, 0.05) is 12.1 Å². The molecule has 0 spiro atoms. The van der Waals surface area contributed by atoms with Gasteiger partial charge in [0.1, 0.15) is 12.4 Å². The van der Waals surface area contributed by atoms with E-state index in [0.717, 1.165) is 17.7 Å². The van der Waals surface area contributed by atoms with Crippen LogP contribution in [0, 0.1) is 0 Å². The Kier molecular flexibility index (Phi) is 8.71. The molecule has 34 heavy (non-hydrogen) atoms. The average Bonchev–Trinajstić information content (AvgIpc) is 2.82. The van der Waals surface area contributed by atoms with Gasteiger partial charge in [-0.25, -0.2) is 0 Å². The zero-order valence-electron chi connectivity index (χ0n) is 19.2. The highest BCUT2D eigenvalue weighted by molar-refractivity contribution is 5.77. The van der Waals surface area contributed by atoms with E-state index in [1.54, 1.807) is 25.1 Å². The number of halogens is 3. The zero-order valence-corrected chi connectivity index (χ0v) is 19.2. The molecule has 180 valence electrons. The van der Waals surface area contributed by atoms with Crippen molar-refractivity contribution >= 4 is 5.97 Å². The average molecular weight is 472 g/mol. The van der Waals surface area contributed by atoms with E-state index in [1.165, 1.54) is 6.07 Å².